The van der Waals surface area contributed by atoms with Gasteiger partial charge in [-0.3, -0.25) is 4.79 Å². The maximum absolute atomic E-state index is 12.6. The summed E-state index contributed by atoms with van der Waals surface area (Å²) in [6, 6.07) is 14.2. The molecule has 3 rings (SSSR count). The Morgan fingerprint density at radius 1 is 1.31 bits per heavy atom. The molecule has 1 unspecified atom stereocenters. The summed E-state index contributed by atoms with van der Waals surface area (Å²) in [6.07, 6.45) is 0.358. The third kappa shape index (κ3) is 3.67. The van der Waals surface area contributed by atoms with Crippen molar-refractivity contribution >= 4 is 40.1 Å². The van der Waals surface area contributed by atoms with Gasteiger partial charge in [0.2, 0.25) is 0 Å². The number of fused-ring (bicyclic) bond motifs is 1. The number of nitrogens with one attached hydrogen (secondary N) is 1. The van der Waals surface area contributed by atoms with Crippen molar-refractivity contribution in [1.82, 2.24) is 14.9 Å². The SMILES string of the molecule is CC(NC(=O)c1ccc(Cl)cc1Cl)c1nc2ccccc2n1CCC#N. The van der Waals surface area contributed by atoms with Gasteiger partial charge in [0.05, 0.1) is 40.2 Å². The molecule has 2 aromatic carbocycles. The van der Waals surface area contributed by atoms with Crippen molar-refractivity contribution in [3.8, 4) is 6.07 Å². The van der Waals surface area contributed by atoms with E-state index in [2.05, 4.69) is 16.4 Å². The topological polar surface area (TPSA) is 70.7 Å². The van der Waals surface area contributed by atoms with Crippen LogP contribution in [0.15, 0.2) is 42.5 Å². The third-order valence-corrected chi connectivity index (χ3v) is 4.59. The first-order valence-corrected chi connectivity index (χ1v) is 8.85. The normalized spacial score (nSPS) is 11.9. The Hall–Kier alpha value is -2.55. The van der Waals surface area contributed by atoms with Gasteiger partial charge >= 0.3 is 0 Å². The van der Waals surface area contributed by atoms with Gasteiger partial charge in [0.1, 0.15) is 5.82 Å². The number of carbonyl (C=O) groups excluding carboxylic acids is 1. The number of nitriles is 1. The summed E-state index contributed by atoms with van der Waals surface area (Å²) in [6.45, 7) is 2.36. The average Bonchev–Trinajstić information content (AvgIpc) is 2.98. The van der Waals surface area contributed by atoms with Crippen molar-refractivity contribution in [2.24, 2.45) is 0 Å². The lowest BCUT2D eigenvalue weighted by Gasteiger charge is -2.16. The number of para-hydroxylation sites is 2. The molecule has 7 heteroatoms. The number of halogens is 2. The van der Waals surface area contributed by atoms with Crippen LogP contribution in [0.5, 0.6) is 0 Å². The predicted octanol–water partition coefficient (Wildman–Crippen LogP) is 4.75. The minimum Gasteiger partial charge on any atom is -0.342 e. The second kappa shape index (κ2) is 7.77. The first-order chi connectivity index (χ1) is 12.5. The Bertz CT molecular complexity index is 1010. The van der Waals surface area contributed by atoms with Crippen LogP contribution in [0.25, 0.3) is 11.0 Å². The van der Waals surface area contributed by atoms with Crippen LogP contribution in [0.1, 0.15) is 35.6 Å². The van der Waals surface area contributed by atoms with Gasteiger partial charge in [-0.1, -0.05) is 35.3 Å². The fourth-order valence-electron chi connectivity index (χ4n) is 2.83. The maximum Gasteiger partial charge on any atom is 0.253 e. The number of amides is 1. The molecule has 26 heavy (non-hydrogen) atoms. The quantitative estimate of drug-likeness (QED) is 0.687. The van der Waals surface area contributed by atoms with E-state index < -0.39 is 0 Å². The first kappa shape index (κ1) is 18.2. The zero-order chi connectivity index (χ0) is 18.7. The predicted molar refractivity (Wildman–Crippen MR) is 102 cm³/mol. The highest BCUT2D eigenvalue weighted by molar-refractivity contribution is 6.36. The second-order valence-electron chi connectivity index (χ2n) is 5.84. The zero-order valence-electron chi connectivity index (χ0n) is 14.0. The smallest absolute Gasteiger partial charge is 0.253 e. The van der Waals surface area contributed by atoms with Gasteiger partial charge in [-0.15, -0.1) is 0 Å². The van der Waals surface area contributed by atoms with Crippen LogP contribution in [0.2, 0.25) is 10.0 Å². The molecular weight excluding hydrogens is 371 g/mol. The van der Waals surface area contributed by atoms with Crippen LogP contribution in [0.4, 0.5) is 0 Å². The molecule has 3 aromatic rings. The van der Waals surface area contributed by atoms with E-state index in [0.717, 1.165) is 11.0 Å². The fraction of sp³-hybridized carbons (Fsp3) is 0.211. The first-order valence-electron chi connectivity index (χ1n) is 8.09. The van der Waals surface area contributed by atoms with Gasteiger partial charge in [0, 0.05) is 11.6 Å². The van der Waals surface area contributed by atoms with Gasteiger partial charge < -0.3 is 9.88 Å². The highest BCUT2D eigenvalue weighted by Crippen LogP contribution is 2.24. The van der Waals surface area contributed by atoms with Gasteiger partial charge in [-0.05, 0) is 37.3 Å². The molecule has 1 aromatic heterocycles. The van der Waals surface area contributed by atoms with Gasteiger partial charge in [0.15, 0.2) is 0 Å². The fourth-order valence-corrected chi connectivity index (χ4v) is 3.33. The highest BCUT2D eigenvalue weighted by Gasteiger charge is 2.20. The number of hydrogen-bond donors (Lipinski definition) is 1. The largest absolute Gasteiger partial charge is 0.342 e. The van der Waals surface area contributed by atoms with E-state index in [1.165, 1.54) is 6.07 Å². The van der Waals surface area contributed by atoms with Gasteiger partial charge in [-0.25, -0.2) is 4.98 Å². The summed E-state index contributed by atoms with van der Waals surface area (Å²) in [5.41, 5.74) is 2.11. The van der Waals surface area contributed by atoms with E-state index in [1.807, 2.05) is 35.8 Å². The summed E-state index contributed by atoms with van der Waals surface area (Å²) in [7, 11) is 0. The Balaban J connectivity index is 1.90. The number of carbonyl (C=O) groups is 1. The number of rotatable bonds is 5. The Morgan fingerprint density at radius 3 is 2.81 bits per heavy atom. The summed E-state index contributed by atoms with van der Waals surface area (Å²) < 4.78 is 1.97. The number of nitrogens with zero attached hydrogens (tertiary/aromatic N) is 3. The highest BCUT2D eigenvalue weighted by atomic mass is 35.5. The van der Waals surface area contributed by atoms with Crippen LogP contribution in [-0.4, -0.2) is 15.5 Å². The van der Waals surface area contributed by atoms with Crippen LogP contribution in [0, 0.1) is 11.3 Å². The van der Waals surface area contributed by atoms with Crippen molar-refractivity contribution in [1.29, 1.82) is 5.26 Å². The Kier molecular flexibility index (Phi) is 5.46. The van der Waals surface area contributed by atoms with Crippen molar-refractivity contribution in [3.63, 3.8) is 0 Å². The molecule has 1 atom stereocenters. The van der Waals surface area contributed by atoms with Crippen LogP contribution < -0.4 is 5.32 Å². The summed E-state index contributed by atoms with van der Waals surface area (Å²) >= 11 is 12.0. The number of aromatic nitrogens is 2. The molecule has 1 heterocycles. The van der Waals surface area contributed by atoms with E-state index in [4.69, 9.17) is 28.5 Å². The monoisotopic (exact) mass is 386 g/mol. The standard InChI is InChI=1S/C19H16Cl2N4O/c1-12(23-19(26)14-8-7-13(20)11-15(14)21)18-24-16-5-2-3-6-17(16)25(18)10-4-9-22/h2-3,5-8,11-12H,4,10H2,1H3,(H,23,26). The molecule has 0 aliphatic rings. The maximum atomic E-state index is 12.6. The average molecular weight is 387 g/mol. The molecule has 0 bridgehead atoms. The van der Waals surface area contributed by atoms with Crippen molar-refractivity contribution < 1.29 is 4.79 Å². The number of benzene rings is 2. The summed E-state index contributed by atoms with van der Waals surface area (Å²) in [4.78, 5) is 17.2. The Labute approximate surface area is 161 Å². The van der Waals surface area contributed by atoms with Crippen molar-refractivity contribution in [2.45, 2.75) is 25.9 Å². The van der Waals surface area contributed by atoms with E-state index in [-0.39, 0.29) is 11.9 Å². The molecule has 0 aliphatic carbocycles. The molecule has 0 fully saturated rings. The van der Waals surface area contributed by atoms with Crippen LogP contribution in [-0.2, 0) is 6.54 Å². The molecular formula is C19H16Cl2N4O. The van der Waals surface area contributed by atoms with Gasteiger partial charge in [-0.2, -0.15) is 5.26 Å². The Morgan fingerprint density at radius 2 is 2.08 bits per heavy atom. The van der Waals surface area contributed by atoms with Crippen molar-refractivity contribution in [3.05, 3.63) is 63.9 Å². The van der Waals surface area contributed by atoms with E-state index in [1.54, 1.807) is 12.1 Å². The number of aryl methyl sites for hydroxylation is 1. The van der Waals surface area contributed by atoms with E-state index in [0.29, 0.717) is 34.4 Å². The summed E-state index contributed by atoms with van der Waals surface area (Å²) in [5, 5.41) is 12.6. The molecule has 0 saturated heterocycles. The molecule has 0 radical (unpaired) electrons. The molecule has 0 aliphatic heterocycles. The molecule has 1 amide bonds. The summed E-state index contributed by atoms with van der Waals surface area (Å²) in [5.74, 6) is 0.387. The second-order valence-corrected chi connectivity index (χ2v) is 6.68. The lowest BCUT2D eigenvalue weighted by atomic mass is 10.2. The third-order valence-electron chi connectivity index (χ3n) is 4.04. The van der Waals surface area contributed by atoms with Gasteiger partial charge in [0.25, 0.3) is 5.91 Å². The lowest BCUT2D eigenvalue weighted by molar-refractivity contribution is 0.0938. The number of imidazole rings is 1. The number of hydrogen-bond acceptors (Lipinski definition) is 3. The minimum absolute atomic E-state index is 0.292. The molecule has 1 N–H and O–H groups in total. The van der Waals surface area contributed by atoms with Crippen molar-refractivity contribution in [2.75, 3.05) is 0 Å². The zero-order valence-corrected chi connectivity index (χ0v) is 15.6. The lowest BCUT2D eigenvalue weighted by Crippen LogP contribution is -2.29. The van der Waals surface area contributed by atoms with E-state index in [9.17, 15) is 4.79 Å². The molecule has 5 nitrogen and oxygen atoms in total. The molecule has 132 valence electrons. The van der Waals surface area contributed by atoms with Crippen LogP contribution >= 0.6 is 23.2 Å². The molecule has 0 saturated carbocycles. The van der Waals surface area contributed by atoms with Crippen LogP contribution in [0.3, 0.4) is 0 Å². The molecule has 0 spiro atoms. The van der Waals surface area contributed by atoms with E-state index >= 15 is 0 Å². The minimum atomic E-state index is -0.361.